The fraction of sp³-hybridized carbons (Fsp3) is 1.00. The van der Waals surface area contributed by atoms with Crippen LogP contribution >= 0.6 is 12.6 Å². The normalized spacial score (nSPS) is 49.6. The molecule has 1 saturated heterocycles. The van der Waals surface area contributed by atoms with E-state index in [1.54, 1.807) is 0 Å². The predicted octanol–water partition coefficient (Wildman–Crippen LogP) is 4.42. The van der Waals surface area contributed by atoms with Gasteiger partial charge in [0.05, 0.1) is 0 Å². The minimum Gasteiger partial charge on any atom is -0.310 e. The van der Waals surface area contributed by atoms with Crippen LogP contribution in [0, 0.1) is 23.7 Å². The Bertz CT molecular complexity index is 338. The fourth-order valence-electron chi connectivity index (χ4n) is 6.16. The molecule has 4 aliphatic rings. The van der Waals surface area contributed by atoms with Crippen LogP contribution in [0.5, 0.6) is 0 Å². The van der Waals surface area contributed by atoms with Crippen LogP contribution in [0.3, 0.4) is 0 Å². The SMILES string of the molecule is SC1C(C2CCCCC2)CCC2C3CCCCC3NC12. The van der Waals surface area contributed by atoms with Crippen molar-refractivity contribution in [2.45, 2.75) is 88.0 Å². The molecule has 0 aromatic rings. The van der Waals surface area contributed by atoms with Gasteiger partial charge in [-0.3, -0.25) is 0 Å². The summed E-state index contributed by atoms with van der Waals surface area (Å²) in [5.74, 6) is 3.86. The summed E-state index contributed by atoms with van der Waals surface area (Å²) in [5.41, 5.74) is 0. The lowest BCUT2D eigenvalue weighted by atomic mass is 9.66. The topological polar surface area (TPSA) is 12.0 Å². The minimum atomic E-state index is 0.641. The largest absolute Gasteiger partial charge is 0.310 e. The van der Waals surface area contributed by atoms with Gasteiger partial charge in [0.15, 0.2) is 0 Å². The third kappa shape index (κ3) is 2.35. The molecule has 0 radical (unpaired) electrons. The molecule has 114 valence electrons. The Balaban J connectivity index is 1.47. The highest BCUT2D eigenvalue weighted by molar-refractivity contribution is 7.81. The molecule has 1 N–H and O–H groups in total. The van der Waals surface area contributed by atoms with Crippen LogP contribution in [0.1, 0.15) is 70.6 Å². The lowest BCUT2D eigenvalue weighted by Crippen LogP contribution is -2.47. The highest BCUT2D eigenvalue weighted by Gasteiger charge is 2.50. The fourth-order valence-corrected chi connectivity index (χ4v) is 6.86. The second-order valence-corrected chi connectivity index (χ2v) is 8.64. The summed E-state index contributed by atoms with van der Waals surface area (Å²) < 4.78 is 0. The Morgan fingerprint density at radius 1 is 0.650 bits per heavy atom. The van der Waals surface area contributed by atoms with Crippen LogP contribution in [0.25, 0.3) is 0 Å². The molecule has 20 heavy (non-hydrogen) atoms. The van der Waals surface area contributed by atoms with Crippen molar-refractivity contribution in [3.63, 3.8) is 0 Å². The van der Waals surface area contributed by atoms with Crippen LogP contribution < -0.4 is 5.32 Å². The first kappa shape index (κ1) is 13.9. The number of nitrogens with one attached hydrogen (secondary N) is 1. The molecule has 6 unspecified atom stereocenters. The smallest absolute Gasteiger partial charge is 0.0220 e. The van der Waals surface area contributed by atoms with Gasteiger partial charge < -0.3 is 5.32 Å². The van der Waals surface area contributed by atoms with Crippen LogP contribution in [-0.2, 0) is 0 Å². The molecular weight excluding hydrogens is 262 g/mol. The summed E-state index contributed by atoms with van der Waals surface area (Å²) in [7, 11) is 0. The zero-order valence-electron chi connectivity index (χ0n) is 12.8. The Kier molecular flexibility index (Phi) is 4.07. The van der Waals surface area contributed by atoms with Gasteiger partial charge in [-0.2, -0.15) is 12.6 Å². The maximum Gasteiger partial charge on any atom is 0.0220 e. The summed E-state index contributed by atoms with van der Waals surface area (Å²) in [6, 6.07) is 1.59. The van der Waals surface area contributed by atoms with E-state index in [2.05, 4.69) is 5.32 Å². The van der Waals surface area contributed by atoms with Crippen molar-refractivity contribution in [3.05, 3.63) is 0 Å². The van der Waals surface area contributed by atoms with Crippen molar-refractivity contribution in [1.82, 2.24) is 5.32 Å². The second kappa shape index (κ2) is 5.83. The van der Waals surface area contributed by atoms with E-state index in [4.69, 9.17) is 12.6 Å². The molecule has 6 atom stereocenters. The van der Waals surface area contributed by atoms with Crippen LogP contribution in [0.4, 0.5) is 0 Å². The summed E-state index contributed by atoms with van der Waals surface area (Å²) in [6.07, 6.45) is 16.3. The summed E-state index contributed by atoms with van der Waals surface area (Å²) >= 11 is 5.16. The molecule has 4 rings (SSSR count). The number of thiol groups is 1. The third-order valence-electron chi connectivity index (χ3n) is 7.13. The van der Waals surface area contributed by atoms with Gasteiger partial charge in [0.2, 0.25) is 0 Å². The van der Waals surface area contributed by atoms with Gasteiger partial charge in [-0.15, -0.1) is 0 Å². The van der Waals surface area contributed by atoms with Gasteiger partial charge in [0.25, 0.3) is 0 Å². The molecule has 0 bridgehead atoms. The van der Waals surface area contributed by atoms with E-state index < -0.39 is 0 Å². The van der Waals surface area contributed by atoms with Crippen molar-refractivity contribution >= 4 is 12.6 Å². The van der Waals surface area contributed by atoms with E-state index in [0.29, 0.717) is 5.25 Å². The monoisotopic (exact) mass is 293 g/mol. The zero-order chi connectivity index (χ0) is 13.5. The van der Waals surface area contributed by atoms with Crippen LogP contribution in [-0.4, -0.2) is 17.3 Å². The van der Waals surface area contributed by atoms with Crippen LogP contribution in [0.15, 0.2) is 0 Å². The average Bonchev–Trinajstić information content (AvgIpc) is 2.88. The van der Waals surface area contributed by atoms with E-state index in [1.165, 1.54) is 70.6 Å². The molecular formula is C18H31NS. The first-order valence-electron chi connectivity index (χ1n) is 9.29. The number of rotatable bonds is 1. The minimum absolute atomic E-state index is 0.641. The number of hydrogen-bond acceptors (Lipinski definition) is 2. The standard InChI is InChI=1S/C18H31NS/c20-18-13(12-6-2-1-3-7-12)10-11-15-14-8-4-5-9-16(14)19-17(15)18/h12-20H,1-11H2. The van der Waals surface area contributed by atoms with E-state index in [-0.39, 0.29) is 0 Å². The van der Waals surface area contributed by atoms with Crippen molar-refractivity contribution in [3.8, 4) is 0 Å². The van der Waals surface area contributed by atoms with E-state index in [0.717, 1.165) is 35.8 Å². The number of fused-ring (bicyclic) bond motifs is 3. The molecule has 0 aromatic carbocycles. The second-order valence-electron chi connectivity index (χ2n) is 8.04. The molecule has 0 amide bonds. The predicted molar refractivity (Wildman–Crippen MR) is 88.2 cm³/mol. The molecule has 3 aliphatic carbocycles. The lowest BCUT2D eigenvalue weighted by Gasteiger charge is -2.43. The summed E-state index contributed by atoms with van der Waals surface area (Å²) in [5, 5.41) is 4.68. The molecule has 3 saturated carbocycles. The van der Waals surface area contributed by atoms with Gasteiger partial charge in [0.1, 0.15) is 0 Å². The first-order chi connectivity index (χ1) is 9.84. The highest BCUT2D eigenvalue weighted by atomic mass is 32.1. The lowest BCUT2D eigenvalue weighted by molar-refractivity contribution is 0.143. The molecule has 0 spiro atoms. The van der Waals surface area contributed by atoms with Gasteiger partial charge in [0, 0.05) is 17.3 Å². The number of hydrogen-bond donors (Lipinski definition) is 2. The molecule has 4 fully saturated rings. The summed E-state index contributed by atoms with van der Waals surface area (Å²) in [6.45, 7) is 0. The van der Waals surface area contributed by atoms with Crippen molar-refractivity contribution in [2.75, 3.05) is 0 Å². The average molecular weight is 294 g/mol. The highest BCUT2D eigenvalue weighted by Crippen LogP contribution is 2.49. The molecule has 1 aliphatic heterocycles. The van der Waals surface area contributed by atoms with Crippen molar-refractivity contribution < 1.29 is 0 Å². The Morgan fingerprint density at radius 2 is 1.35 bits per heavy atom. The Morgan fingerprint density at radius 3 is 2.20 bits per heavy atom. The summed E-state index contributed by atoms with van der Waals surface area (Å²) in [4.78, 5) is 0. The first-order valence-corrected chi connectivity index (χ1v) is 9.80. The zero-order valence-corrected chi connectivity index (χ0v) is 13.7. The maximum absolute atomic E-state index is 5.16. The quantitative estimate of drug-likeness (QED) is 0.682. The van der Waals surface area contributed by atoms with Gasteiger partial charge in [-0.05, 0) is 49.4 Å². The third-order valence-corrected chi connectivity index (χ3v) is 7.84. The maximum atomic E-state index is 5.16. The van der Waals surface area contributed by atoms with Crippen molar-refractivity contribution in [1.29, 1.82) is 0 Å². The van der Waals surface area contributed by atoms with E-state index >= 15 is 0 Å². The van der Waals surface area contributed by atoms with Crippen molar-refractivity contribution in [2.24, 2.45) is 23.7 Å². The molecule has 1 nitrogen and oxygen atoms in total. The molecule has 1 heterocycles. The van der Waals surface area contributed by atoms with E-state index in [1.807, 2.05) is 0 Å². The van der Waals surface area contributed by atoms with E-state index in [9.17, 15) is 0 Å². The Labute approximate surface area is 130 Å². The van der Waals surface area contributed by atoms with Crippen LogP contribution in [0.2, 0.25) is 0 Å². The van der Waals surface area contributed by atoms with Gasteiger partial charge >= 0.3 is 0 Å². The van der Waals surface area contributed by atoms with Gasteiger partial charge in [-0.1, -0.05) is 44.9 Å². The molecule has 2 heteroatoms. The molecule has 0 aromatic heterocycles. The van der Waals surface area contributed by atoms with Gasteiger partial charge in [-0.25, -0.2) is 0 Å². The Hall–Kier alpha value is 0.310.